The maximum absolute atomic E-state index is 13.0. The molecular formula is C32H31N5O7S2. The Morgan fingerprint density at radius 1 is 0.891 bits per heavy atom. The van der Waals surface area contributed by atoms with E-state index in [2.05, 4.69) is 16.0 Å². The van der Waals surface area contributed by atoms with Gasteiger partial charge in [0, 0.05) is 47.9 Å². The van der Waals surface area contributed by atoms with Gasteiger partial charge in [-0.25, -0.2) is 13.1 Å². The molecule has 0 radical (unpaired) electrons. The molecule has 0 aliphatic heterocycles. The van der Waals surface area contributed by atoms with Crippen molar-refractivity contribution in [2.24, 2.45) is 0 Å². The largest absolute Gasteiger partial charge is 0.379 e. The number of hydrogen-bond donors (Lipinski definition) is 4. The third kappa shape index (κ3) is 9.64. The summed E-state index contributed by atoms with van der Waals surface area (Å²) >= 11 is 1.56. The van der Waals surface area contributed by atoms with Gasteiger partial charge in [0.25, 0.3) is 21.6 Å². The first kappa shape index (κ1) is 33.7. The summed E-state index contributed by atoms with van der Waals surface area (Å²) in [5, 5.41) is 20.0. The lowest BCUT2D eigenvalue weighted by atomic mass is 10.0. The van der Waals surface area contributed by atoms with Gasteiger partial charge in [-0.1, -0.05) is 48.5 Å². The van der Waals surface area contributed by atoms with E-state index in [-0.39, 0.29) is 23.6 Å². The van der Waals surface area contributed by atoms with Gasteiger partial charge < -0.3 is 16.0 Å². The van der Waals surface area contributed by atoms with Crippen LogP contribution in [0.2, 0.25) is 0 Å². The van der Waals surface area contributed by atoms with Crippen molar-refractivity contribution in [3.8, 4) is 0 Å². The van der Waals surface area contributed by atoms with E-state index in [4.69, 9.17) is 0 Å². The second-order valence-corrected chi connectivity index (χ2v) is 12.8. The van der Waals surface area contributed by atoms with Crippen LogP contribution < -0.4 is 20.7 Å². The molecule has 3 amide bonds. The van der Waals surface area contributed by atoms with Crippen molar-refractivity contribution in [2.45, 2.75) is 29.2 Å². The van der Waals surface area contributed by atoms with Gasteiger partial charge in [-0.2, -0.15) is 0 Å². The van der Waals surface area contributed by atoms with Crippen LogP contribution in [0.25, 0.3) is 0 Å². The summed E-state index contributed by atoms with van der Waals surface area (Å²) in [6.07, 6.45) is 0.257. The van der Waals surface area contributed by atoms with Crippen LogP contribution in [0.4, 0.5) is 17.1 Å². The Morgan fingerprint density at radius 3 is 2.17 bits per heavy atom. The van der Waals surface area contributed by atoms with Gasteiger partial charge in [-0.05, 0) is 54.1 Å². The summed E-state index contributed by atoms with van der Waals surface area (Å²) in [6, 6.07) is 26.7. The lowest BCUT2D eigenvalue weighted by Gasteiger charge is -2.18. The first-order valence-corrected chi connectivity index (χ1v) is 16.5. The smallest absolute Gasteiger partial charge is 0.293 e. The lowest BCUT2D eigenvalue weighted by Crippen LogP contribution is -2.44. The highest BCUT2D eigenvalue weighted by Gasteiger charge is 2.24. The standard InChI is InChI=1S/C32H31N5O7S2/c1-22(38)34-29(20-23-8-4-2-5-9-23)32(40)35-25-14-12-24(13-15-25)31(39)36-46(43,44)27-16-17-28(30(21-27)37(41)42)33-18-19-45-26-10-6-3-7-11-26/h2-17,21,29,33H,18-20H2,1H3,(H,34,38)(H,35,40)(H,36,39)/t29-/m1/s1. The molecule has 0 spiro atoms. The number of amides is 3. The Bertz CT molecular complexity index is 1800. The van der Waals surface area contributed by atoms with E-state index in [1.54, 1.807) is 11.8 Å². The van der Waals surface area contributed by atoms with Crippen molar-refractivity contribution < 1.29 is 27.7 Å². The zero-order chi connectivity index (χ0) is 33.1. The quantitative estimate of drug-likeness (QED) is 0.0651. The number of benzene rings is 4. The number of nitro groups is 1. The van der Waals surface area contributed by atoms with Crippen molar-refractivity contribution in [3.63, 3.8) is 0 Å². The molecule has 0 heterocycles. The molecule has 4 aromatic rings. The number of thioether (sulfide) groups is 1. The molecule has 238 valence electrons. The van der Waals surface area contributed by atoms with Crippen LogP contribution in [0.3, 0.4) is 0 Å². The average Bonchev–Trinajstić information content (AvgIpc) is 3.03. The van der Waals surface area contributed by atoms with E-state index < -0.39 is 43.4 Å². The summed E-state index contributed by atoms with van der Waals surface area (Å²) in [4.78, 5) is 49.0. The van der Waals surface area contributed by atoms with Gasteiger partial charge >= 0.3 is 0 Å². The summed E-state index contributed by atoms with van der Waals surface area (Å²) in [5.74, 6) is -1.21. The minimum Gasteiger partial charge on any atom is -0.379 e. The second-order valence-electron chi connectivity index (χ2n) is 9.97. The molecule has 0 aromatic heterocycles. The fourth-order valence-electron chi connectivity index (χ4n) is 4.33. The number of hydrogen-bond acceptors (Lipinski definition) is 9. The highest BCUT2D eigenvalue weighted by atomic mass is 32.2. The molecular weight excluding hydrogens is 631 g/mol. The maximum atomic E-state index is 13.0. The number of carbonyl (C=O) groups excluding carboxylic acids is 3. The highest BCUT2D eigenvalue weighted by Crippen LogP contribution is 2.28. The van der Waals surface area contributed by atoms with Gasteiger partial charge in [-0.15, -0.1) is 11.8 Å². The van der Waals surface area contributed by atoms with Gasteiger partial charge in [0.1, 0.15) is 11.7 Å². The number of carbonyl (C=O) groups is 3. The van der Waals surface area contributed by atoms with E-state index in [9.17, 15) is 32.9 Å². The summed E-state index contributed by atoms with van der Waals surface area (Å²) < 4.78 is 27.9. The minimum atomic E-state index is -4.47. The Labute approximate surface area is 270 Å². The van der Waals surface area contributed by atoms with E-state index in [1.165, 1.54) is 43.3 Å². The molecule has 1 atom stereocenters. The second kappa shape index (κ2) is 15.7. The molecule has 46 heavy (non-hydrogen) atoms. The zero-order valence-electron chi connectivity index (χ0n) is 24.6. The third-order valence-electron chi connectivity index (χ3n) is 6.52. The summed E-state index contributed by atoms with van der Waals surface area (Å²) in [6.45, 7) is 1.70. The Kier molecular flexibility index (Phi) is 11.5. The number of nitrogens with one attached hydrogen (secondary N) is 4. The molecule has 12 nitrogen and oxygen atoms in total. The molecule has 0 saturated carbocycles. The van der Waals surface area contributed by atoms with Gasteiger partial charge in [0.05, 0.1) is 9.82 Å². The topological polar surface area (TPSA) is 177 Å². The maximum Gasteiger partial charge on any atom is 0.293 e. The van der Waals surface area contributed by atoms with Gasteiger partial charge in [-0.3, -0.25) is 24.5 Å². The van der Waals surface area contributed by atoms with E-state index in [0.717, 1.165) is 16.5 Å². The summed E-state index contributed by atoms with van der Waals surface area (Å²) in [5.41, 5.74) is 0.816. The molecule has 0 saturated heterocycles. The number of rotatable bonds is 14. The van der Waals surface area contributed by atoms with Crippen LogP contribution in [0.15, 0.2) is 113 Å². The van der Waals surface area contributed by atoms with Crippen molar-refractivity contribution >= 4 is 56.6 Å². The third-order valence-corrected chi connectivity index (χ3v) is 8.87. The van der Waals surface area contributed by atoms with Crippen LogP contribution in [0, 0.1) is 10.1 Å². The number of anilines is 2. The highest BCUT2D eigenvalue weighted by molar-refractivity contribution is 7.99. The van der Waals surface area contributed by atoms with E-state index in [0.29, 0.717) is 18.0 Å². The van der Waals surface area contributed by atoms with Gasteiger partial charge in [0.15, 0.2) is 0 Å². The van der Waals surface area contributed by atoms with Crippen molar-refractivity contribution in [3.05, 3.63) is 124 Å². The molecule has 4 N–H and O–H groups in total. The molecule has 14 heteroatoms. The summed E-state index contributed by atoms with van der Waals surface area (Å²) in [7, 11) is -4.47. The predicted molar refractivity (Wildman–Crippen MR) is 176 cm³/mol. The molecule has 0 unspecified atom stereocenters. The average molecular weight is 662 g/mol. The molecule has 4 rings (SSSR count). The Morgan fingerprint density at radius 2 is 1.54 bits per heavy atom. The monoisotopic (exact) mass is 661 g/mol. The SMILES string of the molecule is CC(=O)N[C@H](Cc1ccccc1)C(=O)Nc1ccc(C(=O)NS(=O)(=O)c2ccc(NCCSc3ccccc3)c([N+](=O)[O-])c2)cc1. The van der Waals surface area contributed by atoms with E-state index in [1.807, 2.05) is 65.4 Å². The normalized spacial score (nSPS) is 11.6. The molecule has 0 bridgehead atoms. The van der Waals surface area contributed by atoms with Crippen LogP contribution in [0.1, 0.15) is 22.8 Å². The van der Waals surface area contributed by atoms with Crippen molar-refractivity contribution in [2.75, 3.05) is 22.9 Å². The molecule has 0 fully saturated rings. The van der Waals surface area contributed by atoms with Crippen LogP contribution >= 0.6 is 11.8 Å². The first-order chi connectivity index (χ1) is 22.0. The number of sulfonamides is 1. The van der Waals surface area contributed by atoms with Crippen molar-refractivity contribution in [1.29, 1.82) is 0 Å². The van der Waals surface area contributed by atoms with E-state index >= 15 is 0 Å². The number of nitrogens with zero attached hydrogens (tertiary/aromatic N) is 1. The fraction of sp³-hybridized carbons (Fsp3) is 0.156. The lowest BCUT2D eigenvalue weighted by molar-refractivity contribution is -0.384. The van der Waals surface area contributed by atoms with Gasteiger partial charge in [0.2, 0.25) is 11.8 Å². The van der Waals surface area contributed by atoms with Crippen LogP contribution in [-0.2, 0) is 26.0 Å². The van der Waals surface area contributed by atoms with Crippen molar-refractivity contribution in [1.82, 2.24) is 10.0 Å². The molecule has 0 aliphatic rings. The predicted octanol–water partition coefficient (Wildman–Crippen LogP) is 4.60. The minimum absolute atomic E-state index is 0.0343. The Hall–Kier alpha value is -5.21. The van der Waals surface area contributed by atoms with Crippen LogP contribution in [-0.4, -0.2) is 49.4 Å². The molecule has 4 aromatic carbocycles. The van der Waals surface area contributed by atoms with Crippen LogP contribution in [0.5, 0.6) is 0 Å². The number of nitro benzene ring substituents is 1. The molecule has 0 aliphatic carbocycles. The Balaban J connectivity index is 1.38. The first-order valence-electron chi connectivity index (χ1n) is 14.0. The zero-order valence-corrected chi connectivity index (χ0v) is 26.3. The fourth-order valence-corrected chi connectivity index (χ4v) is 6.11.